The molecule has 0 radical (unpaired) electrons. The zero-order valence-electron chi connectivity index (χ0n) is 13.3. The van der Waals surface area contributed by atoms with Crippen LogP contribution in [0.3, 0.4) is 0 Å². The second kappa shape index (κ2) is 7.06. The number of ether oxygens (including phenoxy) is 1. The van der Waals surface area contributed by atoms with E-state index in [4.69, 9.17) is 4.74 Å². The molecule has 1 heterocycles. The van der Waals surface area contributed by atoms with Crippen molar-refractivity contribution < 1.29 is 17.5 Å². The molecular formula is C16H24FNO3S. The topological polar surface area (TPSA) is 55.4 Å². The molecule has 1 aliphatic heterocycles. The molecule has 0 unspecified atom stereocenters. The van der Waals surface area contributed by atoms with Crippen LogP contribution in [0.4, 0.5) is 4.39 Å². The average Bonchev–Trinajstić information content (AvgIpc) is 2.96. The van der Waals surface area contributed by atoms with Crippen molar-refractivity contribution in [2.75, 3.05) is 12.9 Å². The number of rotatable bonds is 6. The fourth-order valence-corrected chi connectivity index (χ4v) is 3.64. The summed E-state index contributed by atoms with van der Waals surface area (Å²) in [7, 11) is -3.53. The second-order valence-electron chi connectivity index (χ2n) is 5.92. The van der Waals surface area contributed by atoms with E-state index in [0.29, 0.717) is 0 Å². The molecule has 0 aromatic heterocycles. The highest BCUT2D eigenvalue weighted by atomic mass is 32.2. The molecule has 1 aromatic rings. The molecule has 124 valence electrons. The summed E-state index contributed by atoms with van der Waals surface area (Å²) in [4.78, 5) is -0.255. The van der Waals surface area contributed by atoms with Gasteiger partial charge in [-0.1, -0.05) is 13.0 Å². The number of nitrogens with one attached hydrogen (secondary N) is 1. The first-order chi connectivity index (χ1) is 10.3. The van der Waals surface area contributed by atoms with Crippen LogP contribution in [0, 0.1) is 5.82 Å². The number of hydrogen-bond donors (Lipinski definition) is 1. The third-order valence-corrected chi connectivity index (χ3v) is 5.30. The number of sulfone groups is 1. The van der Waals surface area contributed by atoms with Gasteiger partial charge in [0.05, 0.1) is 6.10 Å². The Balaban J connectivity index is 2.12. The van der Waals surface area contributed by atoms with Crippen LogP contribution in [0.15, 0.2) is 23.1 Å². The summed E-state index contributed by atoms with van der Waals surface area (Å²) in [5.41, 5.74) is 0.737. The maximum Gasteiger partial charge on any atom is 0.178 e. The lowest BCUT2D eigenvalue weighted by Crippen LogP contribution is -2.40. The lowest BCUT2D eigenvalue weighted by atomic mass is 10.0. The average molecular weight is 329 g/mol. The lowest BCUT2D eigenvalue weighted by molar-refractivity contribution is 0.0735. The van der Waals surface area contributed by atoms with Crippen LogP contribution in [0.1, 0.15) is 44.7 Å². The Morgan fingerprint density at radius 2 is 2.18 bits per heavy atom. The molecule has 2 rings (SSSR count). The molecule has 1 aromatic carbocycles. The van der Waals surface area contributed by atoms with Gasteiger partial charge in [-0.25, -0.2) is 12.8 Å². The van der Waals surface area contributed by atoms with Crippen LogP contribution in [0.25, 0.3) is 0 Å². The van der Waals surface area contributed by atoms with E-state index in [1.807, 2.05) is 6.92 Å². The quantitative estimate of drug-likeness (QED) is 0.872. The van der Waals surface area contributed by atoms with Crippen LogP contribution in [0.2, 0.25) is 0 Å². The molecule has 1 N–H and O–H groups in total. The fourth-order valence-electron chi connectivity index (χ4n) is 2.91. The summed E-state index contributed by atoms with van der Waals surface area (Å²) >= 11 is 0. The first kappa shape index (κ1) is 17.4. The van der Waals surface area contributed by atoms with Gasteiger partial charge in [-0.3, -0.25) is 0 Å². The summed E-state index contributed by atoms with van der Waals surface area (Å²) < 4.78 is 42.6. The Morgan fingerprint density at radius 3 is 2.68 bits per heavy atom. The molecule has 0 aliphatic carbocycles. The van der Waals surface area contributed by atoms with E-state index in [-0.39, 0.29) is 23.1 Å². The molecule has 0 amide bonds. The molecule has 6 heteroatoms. The molecule has 1 fully saturated rings. The van der Waals surface area contributed by atoms with Gasteiger partial charge in [-0.2, -0.15) is 0 Å². The molecule has 0 saturated carbocycles. The summed E-state index contributed by atoms with van der Waals surface area (Å²) in [6, 6.07) is 4.45. The van der Waals surface area contributed by atoms with Crippen molar-refractivity contribution in [2.45, 2.75) is 56.2 Å². The van der Waals surface area contributed by atoms with Gasteiger partial charge in [0.25, 0.3) is 0 Å². The SMILES string of the molecule is CC[C@H](N[C@H](C)c1ccc(S(C)(=O)=O)c(F)c1)[C@@H]1CCCO1. The van der Waals surface area contributed by atoms with E-state index in [1.54, 1.807) is 6.07 Å². The highest BCUT2D eigenvalue weighted by Crippen LogP contribution is 2.23. The van der Waals surface area contributed by atoms with E-state index in [0.717, 1.165) is 37.7 Å². The fraction of sp³-hybridized carbons (Fsp3) is 0.625. The van der Waals surface area contributed by atoms with Gasteiger partial charge in [-0.15, -0.1) is 0 Å². The summed E-state index contributed by atoms with van der Waals surface area (Å²) in [5.74, 6) is -0.696. The molecular weight excluding hydrogens is 305 g/mol. The second-order valence-corrected chi connectivity index (χ2v) is 7.90. The zero-order chi connectivity index (χ0) is 16.3. The van der Waals surface area contributed by atoms with Crippen LogP contribution in [-0.4, -0.2) is 33.4 Å². The van der Waals surface area contributed by atoms with Gasteiger partial charge in [0, 0.05) is 24.9 Å². The zero-order valence-corrected chi connectivity index (χ0v) is 14.1. The highest BCUT2D eigenvalue weighted by molar-refractivity contribution is 7.90. The first-order valence-electron chi connectivity index (χ1n) is 7.70. The van der Waals surface area contributed by atoms with Crippen molar-refractivity contribution >= 4 is 9.84 Å². The van der Waals surface area contributed by atoms with Gasteiger partial charge < -0.3 is 10.1 Å². The minimum absolute atomic E-state index is 0.0720. The van der Waals surface area contributed by atoms with Crippen LogP contribution in [0.5, 0.6) is 0 Å². The van der Waals surface area contributed by atoms with Gasteiger partial charge in [0.1, 0.15) is 10.7 Å². The molecule has 1 aliphatic rings. The molecule has 4 nitrogen and oxygen atoms in total. The number of halogens is 1. The Morgan fingerprint density at radius 1 is 1.45 bits per heavy atom. The predicted octanol–water partition coefficient (Wildman–Crippen LogP) is 2.84. The highest BCUT2D eigenvalue weighted by Gasteiger charge is 2.26. The van der Waals surface area contributed by atoms with E-state index in [2.05, 4.69) is 12.2 Å². The standard InChI is InChI=1S/C16H24FNO3S/c1-4-14(15-6-5-9-21-15)18-11(2)12-7-8-16(13(17)10-12)22(3,19)20/h7-8,10-11,14-15,18H,4-6,9H2,1-3H3/t11-,14+,15+/m1/s1. The van der Waals surface area contributed by atoms with E-state index in [1.165, 1.54) is 12.1 Å². The lowest BCUT2D eigenvalue weighted by Gasteiger charge is -2.27. The Bertz CT molecular complexity index is 612. The summed E-state index contributed by atoms with van der Waals surface area (Å²) in [5, 5.41) is 3.47. The monoisotopic (exact) mass is 329 g/mol. The Kier molecular flexibility index (Phi) is 5.58. The molecule has 1 saturated heterocycles. The van der Waals surface area contributed by atoms with Gasteiger partial charge in [-0.05, 0) is 43.9 Å². The van der Waals surface area contributed by atoms with E-state index in [9.17, 15) is 12.8 Å². The maximum atomic E-state index is 14.0. The maximum absolute atomic E-state index is 14.0. The molecule has 3 atom stereocenters. The molecule has 0 spiro atoms. The third kappa shape index (κ3) is 4.06. The van der Waals surface area contributed by atoms with Crippen molar-refractivity contribution in [3.05, 3.63) is 29.6 Å². The first-order valence-corrected chi connectivity index (χ1v) is 9.59. The van der Waals surface area contributed by atoms with Crippen LogP contribution in [-0.2, 0) is 14.6 Å². The smallest absolute Gasteiger partial charge is 0.178 e. The van der Waals surface area contributed by atoms with E-state index >= 15 is 0 Å². The van der Waals surface area contributed by atoms with E-state index < -0.39 is 15.7 Å². The summed E-state index contributed by atoms with van der Waals surface area (Å²) in [6.45, 7) is 4.85. The van der Waals surface area contributed by atoms with Gasteiger partial charge in [0.15, 0.2) is 9.84 Å². The molecule has 0 bridgehead atoms. The number of hydrogen-bond acceptors (Lipinski definition) is 4. The van der Waals surface area contributed by atoms with Gasteiger partial charge >= 0.3 is 0 Å². The minimum Gasteiger partial charge on any atom is -0.377 e. The Hall–Kier alpha value is -0.980. The third-order valence-electron chi connectivity index (χ3n) is 4.17. The molecule has 22 heavy (non-hydrogen) atoms. The van der Waals surface area contributed by atoms with Crippen molar-refractivity contribution in [1.82, 2.24) is 5.32 Å². The van der Waals surface area contributed by atoms with Crippen LogP contribution >= 0.6 is 0 Å². The predicted molar refractivity (Wildman–Crippen MR) is 84.1 cm³/mol. The minimum atomic E-state index is -3.53. The number of benzene rings is 1. The van der Waals surface area contributed by atoms with Crippen molar-refractivity contribution in [2.24, 2.45) is 0 Å². The summed E-state index contributed by atoms with van der Waals surface area (Å²) in [6.07, 6.45) is 4.26. The van der Waals surface area contributed by atoms with Crippen molar-refractivity contribution in [3.63, 3.8) is 0 Å². The largest absolute Gasteiger partial charge is 0.377 e. The van der Waals surface area contributed by atoms with Gasteiger partial charge in [0.2, 0.25) is 0 Å². The van der Waals surface area contributed by atoms with Crippen molar-refractivity contribution in [3.8, 4) is 0 Å². The Labute approximate surface area is 132 Å². The van der Waals surface area contributed by atoms with Crippen LogP contribution < -0.4 is 5.32 Å². The van der Waals surface area contributed by atoms with Crippen molar-refractivity contribution in [1.29, 1.82) is 0 Å². The normalized spacial score (nSPS) is 21.7.